The van der Waals surface area contributed by atoms with Gasteiger partial charge in [0.1, 0.15) is 0 Å². The topological polar surface area (TPSA) is 32.9 Å². The number of aldehydes is 1. The predicted octanol–water partition coefficient (Wildman–Crippen LogP) is 3.71. The number of hydrogen-bond acceptors (Lipinski definition) is 2. The summed E-state index contributed by atoms with van der Waals surface area (Å²) in [6.07, 6.45) is 0.845. The molecule has 0 radical (unpaired) electrons. The fourth-order valence-corrected chi connectivity index (χ4v) is 2.57. The molecule has 0 saturated heterocycles. The van der Waals surface area contributed by atoms with Crippen molar-refractivity contribution >= 4 is 28.5 Å². The van der Waals surface area contributed by atoms with E-state index in [1.165, 1.54) is 11.1 Å². The van der Waals surface area contributed by atoms with Crippen LogP contribution in [-0.4, -0.2) is 11.3 Å². The molecular weight excluding hydrogens is 218 g/mol. The Morgan fingerprint density at radius 1 is 1.25 bits per heavy atom. The third-order valence-electron chi connectivity index (χ3n) is 2.64. The van der Waals surface area contributed by atoms with Crippen LogP contribution in [0.5, 0.6) is 0 Å². The van der Waals surface area contributed by atoms with Gasteiger partial charge in [-0.1, -0.05) is 12.1 Å². The van der Waals surface area contributed by atoms with Crippen LogP contribution >= 0.6 is 11.3 Å². The molecule has 0 fully saturated rings. The van der Waals surface area contributed by atoms with E-state index >= 15 is 0 Å². The van der Waals surface area contributed by atoms with Gasteiger partial charge in [0.05, 0.1) is 5.69 Å². The number of aromatic amines is 1. The van der Waals surface area contributed by atoms with Gasteiger partial charge in [0, 0.05) is 10.9 Å². The molecule has 0 atom stereocenters. The number of benzene rings is 1. The fraction of sp³-hybridized carbons (Fsp3) is 0. The highest BCUT2D eigenvalue weighted by Gasteiger charge is 2.06. The second-order valence-electron chi connectivity index (χ2n) is 3.62. The van der Waals surface area contributed by atoms with E-state index in [2.05, 4.69) is 27.9 Å². The second kappa shape index (κ2) is 3.61. The van der Waals surface area contributed by atoms with Gasteiger partial charge in [-0.05, 0) is 40.1 Å². The van der Waals surface area contributed by atoms with Crippen molar-refractivity contribution in [3.63, 3.8) is 0 Å². The molecule has 0 aliphatic rings. The number of hydrogen-bond donors (Lipinski definition) is 1. The van der Waals surface area contributed by atoms with Gasteiger partial charge in [0.2, 0.25) is 0 Å². The van der Waals surface area contributed by atoms with E-state index < -0.39 is 0 Å². The molecular formula is C13H9NOS. The van der Waals surface area contributed by atoms with Crippen molar-refractivity contribution in [1.82, 2.24) is 4.98 Å². The molecule has 0 spiro atoms. The lowest BCUT2D eigenvalue weighted by Gasteiger charge is -1.99. The lowest BCUT2D eigenvalue weighted by Crippen LogP contribution is -1.75. The van der Waals surface area contributed by atoms with E-state index in [1.54, 1.807) is 11.3 Å². The maximum Gasteiger partial charge on any atom is 0.166 e. The van der Waals surface area contributed by atoms with Crippen LogP contribution in [0.3, 0.4) is 0 Å². The zero-order valence-corrected chi connectivity index (χ0v) is 9.25. The van der Waals surface area contributed by atoms with Crippen LogP contribution in [0, 0.1) is 0 Å². The number of H-pyrrole nitrogens is 1. The van der Waals surface area contributed by atoms with E-state index in [-0.39, 0.29) is 0 Å². The van der Waals surface area contributed by atoms with Crippen LogP contribution in [0.2, 0.25) is 0 Å². The lowest BCUT2D eigenvalue weighted by atomic mass is 10.0. The van der Waals surface area contributed by atoms with Crippen molar-refractivity contribution in [3.05, 3.63) is 46.8 Å². The minimum absolute atomic E-state index is 0.623. The Morgan fingerprint density at radius 3 is 2.94 bits per heavy atom. The molecule has 0 bridgehead atoms. The Balaban J connectivity index is 2.32. The SMILES string of the molecule is O=Cc1cc2c(-c3ccsc3)cccc2[nH]1. The standard InChI is InChI=1S/C13H9NOS/c15-7-10-6-12-11(9-4-5-16-8-9)2-1-3-13(12)14-10/h1-8,14H. The van der Waals surface area contributed by atoms with Gasteiger partial charge in [0.15, 0.2) is 6.29 Å². The average Bonchev–Trinajstić information content (AvgIpc) is 2.97. The minimum Gasteiger partial charge on any atom is -0.352 e. The Morgan fingerprint density at radius 2 is 2.19 bits per heavy atom. The van der Waals surface area contributed by atoms with Crippen molar-refractivity contribution in [2.45, 2.75) is 0 Å². The van der Waals surface area contributed by atoms with E-state index in [0.29, 0.717) is 5.69 Å². The summed E-state index contributed by atoms with van der Waals surface area (Å²) >= 11 is 1.68. The van der Waals surface area contributed by atoms with Gasteiger partial charge < -0.3 is 4.98 Å². The first-order valence-corrected chi connectivity index (χ1v) is 5.92. The van der Waals surface area contributed by atoms with E-state index in [1.807, 2.05) is 18.2 Å². The number of fused-ring (bicyclic) bond motifs is 1. The zero-order chi connectivity index (χ0) is 11.0. The van der Waals surface area contributed by atoms with Gasteiger partial charge >= 0.3 is 0 Å². The maximum absolute atomic E-state index is 10.7. The molecule has 3 aromatic rings. The Bertz CT molecular complexity index is 637. The van der Waals surface area contributed by atoms with Gasteiger partial charge in [-0.15, -0.1) is 0 Å². The molecule has 0 unspecified atom stereocenters. The van der Waals surface area contributed by atoms with E-state index in [0.717, 1.165) is 17.2 Å². The Labute approximate surface area is 96.5 Å². The summed E-state index contributed by atoms with van der Waals surface area (Å²) in [5, 5.41) is 5.27. The van der Waals surface area contributed by atoms with Gasteiger partial charge in [-0.2, -0.15) is 11.3 Å². The quantitative estimate of drug-likeness (QED) is 0.665. The van der Waals surface area contributed by atoms with Crippen LogP contribution in [0.4, 0.5) is 0 Å². The zero-order valence-electron chi connectivity index (χ0n) is 8.44. The molecule has 0 aliphatic heterocycles. The molecule has 0 amide bonds. The molecule has 0 saturated carbocycles. The summed E-state index contributed by atoms with van der Waals surface area (Å²) in [4.78, 5) is 13.8. The van der Waals surface area contributed by atoms with Crippen LogP contribution in [-0.2, 0) is 0 Å². The number of nitrogens with one attached hydrogen (secondary N) is 1. The van der Waals surface area contributed by atoms with Crippen molar-refractivity contribution in [1.29, 1.82) is 0 Å². The van der Waals surface area contributed by atoms with Gasteiger partial charge in [-0.3, -0.25) is 4.79 Å². The Kier molecular flexibility index (Phi) is 2.11. The lowest BCUT2D eigenvalue weighted by molar-refractivity contribution is 0.112. The average molecular weight is 227 g/mol. The number of carbonyl (C=O) groups is 1. The molecule has 1 aromatic carbocycles. The third-order valence-corrected chi connectivity index (χ3v) is 3.33. The van der Waals surface area contributed by atoms with Gasteiger partial charge in [-0.25, -0.2) is 0 Å². The largest absolute Gasteiger partial charge is 0.352 e. The molecule has 2 heterocycles. The monoisotopic (exact) mass is 227 g/mol. The maximum atomic E-state index is 10.7. The molecule has 2 aromatic heterocycles. The minimum atomic E-state index is 0.623. The number of rotatable bonds is 2. The Hall–Kier alpha value is -1.87. The first kappa shape index (κ1) is 9.36. The summed E-state index contributed by atoms with van der Waals surface area (Å²) in [5.74, 6) is 0. The number of carbonyl (C=O) groups excluding carboxylic acids is 1. The van der Waals surface area contributed by atoms with Crippen molar-refractivity contribution < 1.29 is 4.79 Å². The van der Waals surface area contributed by atoms with Crippen LogP contribution in [0.1, 0.15) is 10.5 Å². The first-order valence-electron chi connectivity index (χ1n) is 4.98. The normalized spacial score (nSPS) is 10.8. The van der Waals surface area contributed by atoms with E-state index in [9.17, 15) is 4.79 Å². The van der Waals surface area contributed by atoms with E-state index in [4.69, 9.17) is 0 Å². The molecule has 16 heavy (non-hydrogen) atoms. The number of aromatic nitrogens is 1. The summed E-state index contributed by atoms with van der Waals surface area (Å²) in [6.45, 7) is 0. The molecule has 78 valence electrons. The number of thiophene rings is 1. The fourth-order valence-electron chi connectivity index (χ4n) is 1.91. The first-order chi connectivity index (χ1) is 7.88. The summed E-state index contributed by atoms with van der Waals surface area (Å²) in [7, 11) is 0. The van der Waals surface area contributed by atoms with Crippen LogP contribution < -0.4 is 0 Å². The smallest absolute Gasteiger partial charge is 0.166 e. The molecule has 3 heteroatoms. The highest BCUT2D eigenvalue weighted by molar-refractivity contribution is 7.08. The summed E-state index contributed by atoms with van der Waals surface area (Å²) < 4.78 is 0. The highest BCUT2D eigenvalue weighted by Crippen LogP contribution is 2.30. The van der Waals surface area contributed by atoms with Crippen LogP contribution in [0.15, 0.2) is 41.1 Å². The molecule has 0 aliphatic carbocycles. The second-order valence-corrected chi connectivity index (χ2v) is 4.40. The van der Waals surface area contributed by atoms with Crippen molar-refractivity contribution in [2.24, 2.45) is 0 Å². The van der Waals surface area contributed by atoms with Crippen LogP contribution in [0.25, 0.3) is 22.0 Å². The molecule has 3 rings (SSSR count). The third kappa shape index (κ3) is 1.37. The summed E-state index contributed by atoms with van der Waals surface area (Å²) in [5.41, 5.74) is 4.00. The van der Waals surface area contributed by atoms with Crippen molar-refractivity contribution in [2.75, 3.05) is 0 Å². The molecule has 2 nitrogen and oxygen atoms in total. The van der Waals surface area contributed by atoms with Crippen molar-refractivity contribution in [3.8, 4) is 11.1 Å². The highest BCUT2D eigenvalue weighted by atomic mass is 32.1. The molecule has 1 N–H and O–H groups in total. The van der Waals surface area contributed by atoms with Gasteiger partial charge in [0.25, 0.3) is 0 Å². The summed E-state index contributed by atoms with van der Waals surface area (Å²) in [6, 6.07) is 10.0. The predicted molar refractivity (Wildman–Crippen MR) is 67.0 cm³/mol.